The molecule has 0 radical (unpaired) electrons. The summed E-state index contributed by atoms with van der Waals surface area (Å²) in [7, 11) is 1.39. The van der Waals surface area contributed by atoms with Crippen LogP contribution in [0.15, 0.2) is 12.3 Å². The summed E-state index contributed by atoms with van der Waals surface area (Å²) in [6.45, 7) is 8.87. The van der Waals surface area contributed by atoms with Crippen LogP contribution in [0.2, 0.25) is 0 Å². The first-order valence-electron chi connectivity index (χ1n) is 13.8. The summed E-state index contributed by atoms with van der Waals surface area (Å²) in [4.78, 5) is 52.8. The van der Waals surface area contributed by atoms with Crippen molar-refractivity contribution in [2.24, 2.45) is 5.92 Å². The molecule has 0 bridgehead atoms. The molecule has 1 amide bonds. The molecule has 1 aliphatic rings. The average Bonchev–Trinajstić information content (AvgIpc) is 2.92. The van der Waals surface area contributed by atoms with E-state index in [1.807, 2.05) is 20.8 Å². The molecule has 3 atom stereocenters. The van der Waals surface area contributed by atoms with E-state index in [9.17, 15) is 19.2 Å². The van der Waals surface area contributed by atoms with Crippen molar-refractivity contribution < 1.29 is 52.7 Å². The minimum atomic E-state index is -0.929. The second-order valence-corrected chi connectivity index (χ2v) is 9.80. The fourth-order valence-electron chi connectivity index (χ4n) is 3.54. The molecule has 0 aliphatic carbocycles. The number of rotatable bonds is 10. The van der Waals surface area contributed by atoms with Crippen molar-refractivity contribution in [1.82, 2.24) is 10.3 Å². The summed E-state index contributed by atoms with van der Waals surface area (Å²) in [5.41, 5.74) is -0.140. The number of aliphatic hydroxyl groups is 1. The Morgan fingerprint density at radius 3 is 2.49 bits per heavy atom. The lowest BCUT2D eigenvalue weighted by Gasteiger charge is -2.26. The van der Waals surface area contributed by atoms with Crippen molar-refractivity contribution in [2.75, 3.05) is 27.1 Å². The molecule has 41 heavy (non-hydrogen) atoms. The molecule has 0 spiro atoms. The van der Waals surface area contributed by atoms with E-state index in [1.54, 1.807) is 6.92 Å². The molecule has 2 N–H and O–H groups in total. The van der Waals surface area contributed by atoms with Crippen LogP contribution in [0.25, 0.3) is 0 Å². The van der Waals surface area contributed by atoms with Crippen LogP contribution in [0.4, 0.5) is 4.79 Å². The molecule has 13 heteroatoms. The highest BCUT2D eigenvalue weighted by atomic mass is 16.7. The molecule has 0 saturated carbocycles. The highest BCUT2D eigenvalue weighted by molar-refractivity contribution is 5.98. The van der Waals surface area contributed by atoms with Crippen molar-refractivity contribution in [3.63, 3.8) is 0 Å². The largest absolute Gasteiger partial charge is 0.508 e. The van der Waals surface area contributed by atoms with Gasteiger partial charge in [-0.2, -0.15) is 0 Å². The third kappa shape index (κ3) is 14.0. The predicted molar refractivity (Wildman–Crippen MR) is 146 cm³/mol. The minimum absolute atomic E-state index is 0.0321. The Balaban J connectivity index is 0.00000154. The maximum atomic E-state index is 13.0. The quantitative estimate of drug-likeness (QED) is 0.233. The van der Waals surface area contributed by atoms with Crippen LogP contribution < -0.4 is 14.8 Å². The van der Waals surface area contributed by atoms with Crippen LogP contribution in [0.5, 0.6) is 11.5 Å². The van der Waals surface area contributed by atoms with Crippen LogP contribution in [-0.4, -0.2) is 79.5 Å². The number of carbonyl (C=O) groups is 4. The Bertz CT molecular complexity index is 970. The lowest BCUT2D eigenvalue weighted by atomic mass is 10.0. The first-order valence-corrected chi connectivity index (χ1v) is 13.8. The molecule has 2 heterocycles. The fourth-order valence-corrected chi connectivity index (χ4v) is 3.54. The molecule has 1 aromatic heterocycles. The van der Waals surface area contributed by atoms with Crippen LogP contribution in [0.3, 0.4) is 0 Å². The van der Waals surface area contributed by atoms with Crippen LogP contribution >= 0.6 is 0 Å². The maximum Gasteiger partial charge on any atom is 0.508 e. The van der Waals surface area contributed by atoms with Gasteiger partial charge in [-0.05, 0) is 38.5 Å². The summed E-state index contributed by atoms with van der Waals surface area (Å²) < 4.78 is 31.3. The number of nitrogens with zero attached hydrogens (tertiary/aromatic N) is 1. The van der Waals surface area contributed by atoms with Crippen molar-refractivity contribution >= 4 is 24.0 Å². The van der Waals surface area contributed by atoms with E-state index in [0.29, 0.717) is 51.0 Å². The first kappa shape index (κ1) is 35.4. The number of methoxy groups -OCH3 is 1. The molecule has 232 valence electrons. The Hall–Kier alpha value is -3.61. The SMILES string of the molecule is CC(C)CO.CCCOC(=O)OC1CCCC[C@H](NC(=O)c2nccc(OC)c2OCOC(C)=O)C(=O)OC(C)C1. The molecule has 0 aromatic carbocycles. The number of aliphatic hydroxyl groups excluding tert-OH is 1. The number of cyclic esters (lactones) is 1. The van der Waals surface area contributed by atoms with Gasteiger partial charge in [0.25, 0.3) is 5.91 Å². The van der Waals surface area contributed by atoms with Gasteiger partial charge in [0.2, 0.25) is 6.79 Å². The average molecular weight is 585 g/mol. The van der Waals surface area contributed by atoms with E-state index in [2.05, 4.69) is 10.3 Å². The third-order valence-electron chi connectivity index (χ3n) is 5.59. The van der Waals surface area contributed by atoms with Gasteiger partial charge < -0.3 is 38.8 Å². The first-order chi connectivity index (χ1) is 19.5. The van der Waals surface area contributed by atoms with Gasteiger partial charge in [-0.3, -0.25) is 9.59 Å². The zero-order valence-corrected chi connectivity index (χ0v) is 24.8. The lowest BCUT2D eigenvalue weighted by Crippen LogP contribution is -2.44. The highest BCUT2D eigenvalue weighted by Crippen LogP contribution is 2.30. The van der Waals surface area contributed by atoms with Gasteiger partial charge in [0.15, 0.2) is 17.2 Å². The van der Waals surface area contributed by atoms with E-state index in [-0.39, 0.29) is 23.8 Å². The van der Waals surface area contributed by atoms with Crippen molar-refractivity contribution in [3.8, 4) is 11.5 Å². The molecule has 2 rings (SSSR count). The van der Waals surface area contributed by atoms with Crippen molar-refractivity contribution in [3.05, 3.63) is 18.0 Å². The smallest absolute Gasteiger partial charge is 0.493 e. The summed E-state index contributed by atoms with van der Waals surface area (Å²) >= 11 is 0. The van der Waals surface area contributed by atoms with Crippen molar-refractivity contribution in [2.45, 2.75) is 91.4 Å². The number of ether oxygens (including phenoxy) is 6. The number of nitrogens with one attached hydrogen (secondary N) is 1. The number of hydrogen-bond acceptors (Lipinski definition) is 12. The maximum absolute atomic E-state index is 13.0. The van der Waals surface area contributed by atoms with E-state index in [0.717, 1.165) is 0 Å². The zero-order chi connectivity index (χ0) is 30.8. The molecule has 1 aliphatic heterocycles. The normalized spacial score (nSPS) is 19.0. The number of esters is 2. The van der Waals surface area contributed by atoms with Gasteiger partial charge in [0.05, 0.1) is 13.7 Å². The third-order valence-corrected chi connectivity index (χ3v) is 5.59. The van der Waals surface area contributed by atoms with Gasteiger partial charge in [-0.25, -0.2) is 14.6 Å². The fraction of sp³-hybridized carbons (Fsp3) is 0.679. The molecular formula is C28H44N2O11. The lowest BCUT2D eigenvalue weighted by molar-refractivity contribution is -0.152. The molecule has 2 unspecified atom stereocenters. The van der Waals surface area contributed by atoms with E-state index >= 15 is 0 Å². The van der Waals surface area contributed by atoms with Crippen molar-refractivity contribution in [1.29, 1.82) is 0 Å². The second-order valence-electron chi connectivity index (χ2n) is 9.80. The van der Waals surface area contributed by atoms with Gasteiger partial charge in [0.1, 0.15) is 18.2 Å². The minimum Gasteiger partial charge on any atom is -0.493 e. The monoisotopic (exact) mass is 584 g/mol. The van der Waals surface area contributed by atoms with Gasteiger partial charge in [-0.1, -0.05) is 27.2 Å². The van der Waals surface area contributed by atoms with E-state index in [1.165, 1.54) is 26.3 Å². The number of aromatic nitrogens is 1. The van der Waals surface area contributed by atoms with E-state index in [4.69, 9.17) is 33.5 Å². The predicted octanol–water partition coefficient (Wildman–Crippen LogP) is 3.55. The van der Waals surface area contributed by atoms with Gasteiger partial charge >= 0.3 is 18.1 Å². The summed E-state index contributed by atoms with van der Waals surface area (Å²) in [5, 5.41) is 10.8. The standard InChI is InChI=1S/C24H34N2O10.C4H10O/c1-5-12-32-24(30)36-17-8-6-7-9-18(23(29)35-15(2)13-17)26-22(28)20-21(34-14-33-16(3)27)19(31-4)10-11-25-20;1-4(2)3-5/h10-11,15,17-18H,5-9,12-14H2,1-4H3,(H,26,28);4-5H,3H2,1-2H3/t15?,17?,18-;/m0./s1. The summed E-state index contributed by atoms with van der Waals surface area (Å²) in [6.07, 6.45) is 2.70. The van der Waals surface area contributed by atoms with Gasteiger partial charge in [0, 0.05) is 32.2 Å². The number of amides is 1. The molecule has 1 saturated heterocycles. The summed E-state index contributed by atoms with van der Waals surface area (Å²) in [5.74, 6) is -1.25. The number of pyridine rings is 1. The highest BCUT2D eigenvalue weighted by Gasteiger charge is 2.30. The van der Waals surface area contributed by atoms with Crippen LogP contribution in [0.1, 0.15) is 83.6 Å². The topological polar surface area (TPSA) is 169 Å². The second kappa shape index (κ2) is 19.5. The van der Waals surface area contributed by atoms with Gasteiger partial charge in [-0.15, -0.1) is 0 Å². The molecule has 1 aromatic rings. The zero-order valence-electron chi connectivity index (χ0n) is 24.8. The Kier molecular flexibility index (Phi) is 16.8. The van der Waals surface area contributed by atoms with Crippen LogP contribution in [0, 0.1) is 5.92 Å². The molecule has 1 fully saturated rings. The Morgan fingerprint density at radius 1 is 1.20 bits per heavy atom. The molecular weight excluding hydrogens is 540 g/mol. The Labute approximate surface area is 241 Å². The van der Waals surface area contributed by atoms with E-state index < -0.39 is 49.0 Å². The van der Waals surface area contributed by atoms with Crippen LogP contribution in [-0.2, 0) is 28.5 Å². The Morgan fingerprint density at radius 2 is 1.88 bits per heavy atom. The summed E-state index contributed by atoms with van der Waals surface area (Å²) in [6, 6.07) is 0.553. The number of carbonyl (C=O) groups excluding carboxylic acids is 4. The number of hydrogen-bond donors (Lipinski definition) is 2. The molecule has 13 nitrogen and oxygen atoms in total.